The molecule has 1 aromatic rings. The van der Waals surface area contributed by atoms with E-state index in [0.29, 0.717) is 0 Å². The predicted molar refractivity (Wildman–Crippen MR) is 47.7 cm³/mol. The van der Waals surface area contributed by atoms with Gasteiger partial charge in [0.15, 0.2) is 0 Å². The van der Waals surface area contributed by atoms with Crippen LogP contribution in [-0.4, -0.2) is 29.8 Å². The van der Waals surface area contributed by atoms with Gasteiger partial charge in [0.1, 0.15) is 0 Å². The van der Waals surface area contributed by atoms with E-state index in [1.54, 1.807) is 0 Å². The van der Waals surface area contributed by atoms with E-state index in [1.807, 2.05) is 0 Å². The van der Waals surface area contributed by atoms with E-state index in [2.05, 4.69) is 20.0 Å². The van der Waals surface area contributed by atoms with Crippen molar-refractivity contribution in [3.05, 3.63) is 12.0 Å². The number of ether oxygens (including phenoxy) is 1. The third-order valence-corrected chi connectivity index (χ3v) is 1.56. The van der Waals surface area contributed by atoms with Gasteiger partial charge < -0.3 is 10.1 Å². The molecule has 0 saturated heterocycles. The molecule has 0 fully saturated rings. The molecule has 8 heteroatoms. The van der Waals surface area contributed by atoms with Crippen molar-refractivity contribution in [1.29, 1.82) is 0 Å². The Morgan fingerprint density at radius 1 is 1.44 bits per heavy atom. The fourth-order valence-electron chi connectivity index (χ4n) is 0.837. The molecular formula is C8H9F4N3O. The third-order valence-electron chi connectivity index (χ3n) is 1.56. The molecule has 0 aromatic carbocycles. The maximum atomic E-state index is 13.0. The van der Waals surface area contributed by atoms with Gasteiger partial charge in [-0.25, -0.2) is 4.98 Å². The molecule has 1 aromatic heterocycles. The minimum Gasteiger partial charge on any atom is -0.475 e. The number of hydrogen-bond donors (Lipinski definition) is 1. The Morgan fingerprint density at radius 2 is 2.12 bits per heavy atom. The second-order valence-corrected chi connectivity index (χ2v) is 2.81. The van der Waals surface area contributed by atoms with Gasteiger partial charge in [-0.2, -0.15) is 22.5 Å². The van der Waals surface area contributed by atoms with Crippen molar-refractivity contribution in [3.63, 3.8) is 0 Å². The lowest BCUT2D eigenvalue weighted by Gasteiger charge is -2.08. The Bertz CT molecular complexity index is 356. The van der Waals surface area contributed by atoms with Crippen LogP contribution >= 0.6 is 0 Å². The van der Waals surface area contributed by atoms with E-state index in [-0.39, 0.29) is 5.95 Å². The second-order valence-electron chi connectivity index (χ2n) is 2.81. The lowest BCUT2D eigenvalue weighted by atomic mass is 10.4. The summed E-state index contributed by atoms with van der Waals surface area (Å²) in [5.41, 5.74) is 0. The summed E-state index contributed by atoms with van der Waals surface area (Å²) in [6, 6.07) is 0. The first-order valence-corrected chi connectivity index (χ1v) is 4.32. The molecule has 16 heavy (non-hydrogen) atoms. The largest absolute Gasteiger partial charge is 0.475 e. The lowest BCUT2D eigenvalue weighted by Crippen LogP contribution is -2.14. The van der Waals surface area contributed by atoms with E-state index >= 15 is 0 Å². The van der Waals surface area contributed by atoms with Crippen LogP contribution in [0.4, 0.5) is 23.5 Å². The number of hydrogen-bond acceptors (Lipinski definition) is 4. The first-order valence-electron chi connectivity index (χ1n) is 4.32. The van der Waals surface area contributed by atoms with Crippen LogP contribution in [0.1, 0.15) is 6.42 Å². The van der Waals surface area contributed by atoms with Gasteiger partial charge in [-0.3, -0.25) is 0 Å². The predicted octanol–water partition coefficient (Wildman–Crippen LogP) is 1.99. The summed E-state index contributed by atoms with van der Waals surface area (Å²) in [6.45, 7) is -0.680. The van der Waals surface area contributed by atoms with Crippen LogP contribution in [0.2, 0.25) is 0 Å². The van der Waals surface area contributed by atoms with Gasteiger partial charge in [-0.05, 0) is 0 Å². The highest BCUT2D eigenvalue weighted by Gasteiger charge is 2.27. The highest BCUT2D eigenvalue weighted by atomic mass is 19.4. The highest BCUT2D eigenvalue weighted by molar-refractivity contribution is 5.27. The molecule has 1 rings (SSSR count). The average Bonchev–Trinajstić information content (AvgIpc) is 2.19. The van der Waals surface area contributed by atoms with Crippen molar-refractivity contribution in [2.75, 3.05) is 19.0 Å². The van der Waals surface area contributed by atoms with Crippen molar-refractivity contribution < 1.29 is 22.3 Å². The van der Waals surface area contributed by atoms with Gasteiger partial charge in [0.25, 0.3) is 5.88 Å². The fraction of sp³-hybridized carbons (Fsp3) is 0.500. The minimum atomic E-state index is -4.34. The monoisotopic (exact) mass is 239 g/mol. The topological polar surface area (TPSA) is 47.0 Å². The summed E-state index contributed by atoms with van der Waals surface area (Å²) >= 11 is 0. The average molecular weight is 239 g/mol. The summed E-state index contributed by atoms with van der Waals surface area (Å²) in [4.78, 5) is 7.04. The van der Waals surface area contributed by atoms with Crippen LogP contribution in [0.25, 0.3) is 0 Å². The van der Waals surface area contributed by atoms with E-state index in [4.69, 9.17) is 0 Å². The van der Waals surface area contributed by atoms with Gasteiger partial charge >= 0.3 is 6.18 Å². The van der Waals surface area contributed by atoms with Gasteiger partial charge in [0.05, 0.1) is 19.2 Å². The van der Waals surface area contributed by atoms with Crippen LogP contribution < -0.4 is 10.1 Å². The Morgan fingerprint density at radius 3 is 2.69 bits per heavy atom. The molecule has 0 aliphatic rings. The number of nitrogens with zero attached hydrogens (tertiary/aromatic N) is 2. The summed E-state index contributed by atoms with van der Waals surface area (Å²) in [5, 5.41) is 2.51. The summed E-state index contributed by atoms with van der Waals surface area (Å²) in [6.07, 6.45) is -4.68. The molecule has 4 nitrogen and oxygen atoms in total. The Hall–Kier alpha value is -1.60. The number of rotatable bonds is 4. The van der Waals surface area contributed by atoms with Crippen LogP contribution in [-0.2, 0) is 0 Å². The van der Waals surface area contributed by atoms with E-state index in [1.165, 1.54) is 7.05 Å². The van der Waals surface area contributed by atoms with E-state index in [0.717, 1.165) is 6.20 Å². The Balaban J connectivity index is 2.59. The molecule has 90 valence electrons. The second kappa shape index (κ2) is 4.95. The summed E-state index contributed by atoms with van der Waals surface area (Å²) in [7, 11) is 1.49. The molecule has 1 N–H and O–H groups in total. The van der Waals surface area contributed by atoms with Crippen molar-refractivity contribution >= 4 is 5.95 Å². The number of aromatic nitrogens is 2. The van der Waals surface area contributed by atoms with Crippen LogP contribution in [0, 0.1) is 5.82 Å². The van der Waals surface area contributed by atoms with Crippen molar-refractivity contribution in [2.24, 2.45) is 0 Å². The number of anilines is 1. The highest BCUT2D eigenvalue weighted by Crippen LogP contribution is 2.20. The molecule has 0 aliphatic heterocycles. The van der Waals surface area contributed by atoms with E-state index < -0.39 is 30.9 Å². The third kappa shape index (κ3) is 3.87. The molecule has 0 aliphatic carbocycles. The molecule has 0 spiro atoms. The molecule has 0 unspecified atom stereocenters. The lowest BCUT2D eigenvalue weighted by molar-refractivity contribution is -0.139. The molecule has 0 amide bonds. The first kappa shape index (κ1) is 12.5. The molecule has 0 bridgehead atoms. The fourth-order valence-corrected chi connectivity index (χ4v) is 0.837. The van der Waals surface area contributed by atoms with Gasteiger partial charge in [0.2, 0.25) is 11.8 Å². The molecule has 0 atom stereocenters. The normalized spacial score (nSPS) is 11.3. The molecule has 0 saturated carbocycles. The van der Waals surface area contributed by atoms with Crippen LogP contribution in [0.5, 0.6) is 5.88 Å². The molecular weight excluding hydrogens is 230 g/mol. The smallest absolute Gasteiger partial charge is 0.392 e. The Labute approximate surface area is 88.7 Å². The standard InChI is InChI=1S/C8H9F4N3O/c1-13-7-14-4-5(9)6(15-7)16-3-2-8(10,11)12/h4H,2-3H2,1H3,(H,13,14,15). The number of halogens is 4. The molecule has 0 radical (unpaired) electrons. The number of nitrogens with one attached hydrogen (secondary N) is 1. The SMILES string of the molecule is CNc1ncc(F)c(OCCC(F)(F)F)n1. The zero-order valence-electron chi connectivity index (χ0n) is 8.31. The van der Waals surface area contributed by atoms with Gasteiger partial charge in [-0.1, -0.05) is 0 Å². The van der Waals surface area contributed by atoms with Crippen LogP contribution in [0.3, 0.4) is 0 Å². The number of alkyl halides is 3. The maximum Gasteiger partial charge on any atom is 0.392 e. The first-order chi connectivity index (χ1) is 7.42. The zero-order valence-corrected chi connectivity index (χ0v) is 8.31. The summed E-state index contributed by atoms with van der Waals surface area (Å²) < 4.78 is 52.9. The summed E-state index contributed by atoms with van der Waals surface area (Å²) in [5.74, 6) is -1.33. The van der Waals surface area contributed by atoms with Crippen LogP contribution in [0.15, 0.2) is 6.20 Å². The quantitative estimate of drug-likeness (QED) is 0.816. The van der Waals surface area contributed by atoms with Gasteiger partial charge in [-0.15, -0.1) is 0 Å². The maximum absolute atomic E-state index is 13.0. The minimum absolute atomic E-state index is 0.0726. The zero-order chi connectivity index (χ0) is 12.2. The Kier molecular flexibility index (Phi) is 3.86. The van der Waals surface area contributed by atoms with Crippen molar-refractivity contribution in [2.45, 2.75) is 12.6 Å². The van der Waals surface area contributed by atoms with Crippen molar-refractivity contribution in [3.8, 4) is 5.88 Å². The van der Waals surface area contributed by atoms with Gasteiger partial charge in [0, 0.05) is 7.05 Å². The van der Waals surface area contributed by atoms with E-state index in [9.17, 15) is 17.6 Å². The molecule has 1 heterocycles. The van der Waals surface area contributed by atoms with Crippen molar-refractivity contribution in [1.82, 2.24) is 9.97 Å².